The molecule has 0 radical (unpaired) electrons. The van der Waals surface area contributed by atoms with Gasteiger partial charge in [0.05, 0.1) is 0 Å². The van der Waals surface area contributed by atoms with Gasteiger partial charge in [-0.25, -0.2) is 0 Å². The Balaban J connectivity index is 2.18. The number of ketones is 1. The highest BCUT2D eigenvalue weighted by Crippen LogP contribution is 2.47. The molecular weight excluding hydrogens is 184 g/mol. The molecule has 1 nitrogen and oxygen atoms in total. The Bertz CT molecular complexity index is 244. The monoisotopic (exact) mass is 208 g/mol. The van der Waals surface area contributed by atoms with Gasteiger partial charge < -0.3 is 0 Å². The summed E-state index contributed by atoms with van der Waals surface area (Å²) in [4.78, 5) is 12.0. The van der Waals surface area contributed by atoms with E-state index in [4.69, 9.17) is 0 Å². The number of hydrogen-bond donors (Lipinski definition) is 0. The van der Waals surface area contributed by atoms with Gasteiger partial charge in [0.25, 0.3) is 0 Å². The summed E-state index contributed by atoms with van der Waals surface area (Å²) >= 11 is 0. The lowest BCUT2D eigenvalue weighted by atomic mass is 9.59. The van der Waals surface area contributed by atoms with Crippen molar-refractivity contribution in [3.05, 3.63) is 0 Å². The van der Waals surface area contributed by atoms with Crippen molar-refractivity contribution in [3.8, 4) is 0 Å². The van der Waals surface area contributed by atoms with Crippen LogP contribution >= 0.6 is 0 Å². The third-order valence-corrected chi connectivity index (χ3v) is 4.77. The van der Waals surface area contributed by atoms with Gasteiger partial charge in [0.2, 0.25) is 0 Å². The smallest absolute Gasteiger partial charge is 0.136 e. The van der Waals surface area contributed by atoms with Gasteiger partial charge in [-0.15, -0.1) is 0 Å². The van der Waals surface area contributed by atoms with Gasteiger partial charge >= 0.3 is 0 Å². The zero-order valence-corrected chi connectivity index (χ0v) is 10.3. The summed E-state index contributed by atoms with van der Waals surface area (Å²) in [7, 11) is 0. The van der Waals surface area contributed by atoms with Crippen molar-refractivity contribution in [1.29, 1.82) is 0 Å². The summed E-state index contributed by atoms with van der Waals surface area (Å²) in [6.45, 7) is 6.95. The van der Waals surface area contributed by atoms with E-state index in [9.17, 15) is 4.79 Å². The van der Waals surface area contributed by atoms with Crippen LogP contribution in [0.3, 0.4) is 0 Å². The molecule has 0 aliphatic heterocycles. The third kappa shape index (κ3) is 1.98. The largest absolute Gasteiger partial charge is 0.299 e. The first kappa shape index (κ1) is 11.2. The predicted molar refractivity (Wildman–Crippen MR) is 62.6 cm³/mol. The summed E-state index contributed by atoms with van der Waals surface area (Å²) in [5, 5.41) is 0. The minimum Gasteiger partial charge on any atom is -0.299 e. The van der Waals surface area contributed by atoms with Crippen molar-refractivity contribution >= 4 is 5.78 Å². The van der Waals surface area contributed by atoms with Gasteiger partial charge in [-0.05, 0) is 42.9 Å². The molecule has 0 N–H and O–H groups in total. The van der Waals surface area contributed by atoms with Crippen LogP contribution in [0, 0.1) is 29.6 Å². The molecule has 1 heteroatoms. The average Bonchev–Trinajstić information content (AvgIpc) is 2.17. The fraction of sp³-hybridized carbons (Fsp3) is 0.929. The molecule has 0 aromatic heterocycles. The van der Waals surface area contributed by atoms with E-state index in [0.29, 0.717) is 17.6 Å². The van der Waals surface area contributed by atoms with Crippen LogP contribution in [-0.2, 0) is 4.79 Å². The molecule has 2 fully saturated rings. The molecule has 0 aromatic rings. The van der Waals surface area contributed by atoms with Crippen LogP contribution < -0.4 is 0 Å². The fourth-order valence-corrected chi connectivity index (χ4v) is 4.01. The molecular formula is C14H24O. The van der Waals surface area contributed by atoms with Crippen molar-refractivity contribution < 1.29 is 4.79 Å². The standard InChI is InChI=1S/C14H24O/c1-9(2)11-7-8-13(15)14-10(3)5-4-6-12(11)14/h9-12,14H,4-8H2,1-3H3/t10-,11-,12-,14-/m1/s1. The first-order valence-corrected chi connectivity index (χ1v) is 6.64. The van der Waals surface area contributed by atoms with Crippen LogP contribution in [-0.4, -0.2) is 5.78 Å². The van der Waals surface area contributed by atoms with E-state index in [2.05, 4.69) is 20.8 Å². The van der Waals surface area contributed by atoms with Gasteiger partial charge in [0.15, 0.2) is 0 Å². The minimum atomic E-state index is 0.417. The van der Waals surface area contributed by atoms with Gasteiger partial charge in [0.1, 0.15) is 5.78 Å². The molecule has 0 heterocycles. The topological polar surface area (TPSA) is 17.1 Å². The number of rotatable bonds is 1. The summed E-state index contributed by atoms with van der Waals surface area (Å²) in [5.74, 6) is 3.93. The van der Waals surface area contributed by atoms with Crippen LogP contribution in [0.25, 0.3) is 0 Å². The maximum Gasteiger partial charge on any atom is 0.136 e. The van der Waals surface area contributed by atoms with E-state index in [-0.39, 0.29) is 0 Å². The SMILES string of the molecule is CC(C)[C@H]1CCC(=O)[C@H]2[C@@H]1CCC[C@H]2C. The van der Waals surface area contributed by atoms with E-state index >= 15 is 0 Å². The highest BCUT2D eigenvalue weighted by atomic mass is 16.1. The lowest BCUT2D eigenvalue weighted by Gasteiger charge is -2.45. The zero-order chi connectivity index (χ0) is 11.0. The maximum absolute atomic E-state index is 12.0. The molecule has 86 valence electrons. The number of carbonyl (C=O) groups excluding carboxylic acids is 1. The predicted octanol–water partition coefficient (Wildman–Crippen LogP) is 3.67. The molecule has 2 aliphatic carbocycles. The van der Waals surface area contributed by atoms with Gasteiger partial charge in [-0.2, -0.15) is 0 Å². The first-order chi connectivity index (χ1) is 7.11. The third-order valence-electron chi connectivity index (χ3n) is 4.77. The number of hydrogen-bond acceptors (Lipinski definition) is 1. The van der Waals surface area contributed by atoms with Gasteiger partial charge in [-0.1, -0.05) is 27.2 Å². The molecule has 2 saturated carbocycles. The van der Waals surface area contributed by atoms with E-state index in [1.165, 1.54) is 19.3 Å². The highest BCUT2D eigenvalue weighted by Gasteiger charge is 2.43. The zero-order valence-electron chi connectivity index (χ0n) is 10.3. The maximum atomic E-state index is 12.0. The molecule has 0 bridgehead atoms. The highest BCUT2D eigenvalue weighted by molar-refractivity contribution is 5.82. The van der Waals surface area contributed by atoms with E-state index < -0.39 is 0 Å². The minimum absolute atomic E-state index is 0.417. The Kier molecular flexibility index (Phi) is 3.18. The molecule has 2 rings (SSSR count). The van der Waals surface area contributed by atoms with Crippen LogP contribution in [0.2, 0.25) is 0 Å². The Morgan fingerprint density at radius 1 is 1.20 bits per heavy atom. The van der Waals surface area contributed by atoms with Crippen molar-refractivity contribution in [3.63, 3.8) is 0 Å². The Labute approximate surface area is 93.6 Å². The second-order valence-electron chi connectivity index (χ2n) is 6.01. The lowest BCUT2D eigenvalue weighted by Crippen LogP contribution is -2.42. The normalized spacial score (nSPS) is 41.7. The Morgan fingerprint density at radius 3 is 2.60 bits per heavy atom. The summed E-state index contributed by atoms with van der Waals surface area (Å²) in [6.07, 6.45) is 5.94. The molecule has 0 amide bonds. The van der Waals surface area contributed by atoms with E-state index in [1.54, 1.807) is 0 Å². The molecule has 0 saturated heterocycles. The van der Waals surface area contributed by atoms with Gasteiger partial charge in [0, 0.05) is 12.3 Å². The number of fused-ring (bicyclic) bond motifs is 1. The van der Waals surface area contributed by atoms with Crippen molar-refractivity contribution in [2.75, 3.05) is 0 Å². The number of carbonyl (C=O) groups is 1. The van der Waals surface area contributed by atoms with Gasteiger partial charge in [-0.3, -0.25) is 4.79 Å². The molecule has 0 spiro atoms. The first-order valence-electron chi connectivity index (χ1n) is 6.64. The lowest BCUT2D eigenvalue weighted by molar-refractivity contribution is -0.133. The second kappa shape index (κ2) is 4.27. The molecule has 2 aliphatic rings. The average molecular weight is 208 g/mol. The number of Topliss-reactive ketones (excluding diaryl/α,β-unsaturated/α-hetero) is 1. The van der Waals surface area contributed by atoms with Crippen LogP contribution in [0.1, 0.15) is 52.9 Å². The Hall–Kier alpha value is -0.330. The summed E-state index contributed by atoms with van der Waals surface area (Å²) in [5.41, 5.74) is 0. The van der Waals surface area contributed by atoms with Crippen LogP contribution in [0.15, 0.2) is 0 Å². The molecule has 0 unspecified atom stereocenters. The van der Waals surface area contributed by atoms with Crippen LogP contribution in [0.4, 0.5) is 0 Å². The van der Waals surface area contributed by atoms with Crippen molar-refractivity contribution in [1.82, 2.24) is 0 Å². The quantitative estimate of drug-likeness (QED) is 0.642. The summed E-state index contributed by atoms with van der Waals surface area (Å²) in [6, 6.07) is 0. The fourth-order valence-electron chi connectivity index (χ4n) is 4.01. The molecule has 4 atom stereocenters. The van der Waals surface area contributed by atoms with Crippen molar-refractivity contribution in [2.24, 2.45) is 29.6 Å². The van der Waals surface area contributed by atoms with Crippen LogP contribution in [0.5, 0.6) is 0 Å². The van der Waals surface area contributed by atoms with Crippen molar-refractivity contribution in [2.45, 2.75) is 52.9 Å². The Morgan fingerprint density at radius 2 is 1.93 bits per heavy atom. The summed E-state index contributed by atoms with van der Waals surface area (Å²) < 4.78 is 0. The molecule has 15 heavy (non-hydrogen) atoms. The van der Waals surface area contributed by atoms with E-state index in [1.807, 2.05) is 0 Å². The molecule has 0 aromatic carbocycles. The van der Waals surface area contributed by atoms with E-state index in [0.717, 1.165) is 30.6 Å². The second-order valence-corrected chi connectivity index (χ2v) is 6.01.